The highest BCUT2D eigenvalue weighted by Crippen LogP contribution is 2.58. The third-order valence-electron chi connectivity index (χ3n) is 7.51. The number of hydrogen-bond acceptors (Lipinski definition) is 4. The van der Waals surface area contributed by atoms with Gasteiger partial charge in [-0.3, -0.25) is 0 Å². The molecule has 4 nitrogen and oxygen atoms in total. The monoisotopic (exact) mass is 572 g/mol. The van der Waals surface area contributed by atoms with E-state index in [4.69, 9.17) is 18.9 Å². The van der Waals surface area contributed by atoms with Gasteiger partial charge in [-0.2, -0.15) is 0 Å². The zero-order valence-corrected chi connectivity index (χ0v) is 26.9. The molecule has 2 heterocycles. The van der Waals surface area contributed by atoms with Gasteiger partial charge in [0.05, 0.1) is 13.2 Å². The van der Waals surface area contributed by atoms with Gasteiger partial charge in [0.2, 0.25) is 0 Å². The molecule has 2 aliphatic heterocycles. The Kier molecular flexibility index (Phi) is 23.3. The number of hydrogen-bond donors (Lipinski definition) is 0. The first-order chi connectivity index (χ1) is 19.8. The third-order valence-corrected chi connectivity index (χ3v) is 7.51. The molecule has 6 unspecified atom stereocenters. The van der Waals surface area contributed by atoms with Gasteiger partial charge in [0, 0.05) is 0 Å². The molecular formula is C37H64O4. The second-order valence-corrected chi connectivity index (χ2v) is 9.75. The highest BCUT2D eigenvalue weighted by molar-refractivity contribution is 5.21. The van der Waals surface area contributed by atoms with Crippen molar-refractivity contribution in [3.63, 3.8) is 0 Å². The van der Waals surface area contributed by atoms with Crippen LogP contribution in [0.2, 0.25) is 0 Å². The van der Waals surface area contributed by atoms with Crippen molar-refractivity contribution in [1.29, 1.82) is 0 Å². The molecule has 6 atom stereocenters. The van der Waals surface area contributed by atoms with Gasteiger partial charge in [0.25, 0.3) is 0 Å². The van der Waals surface area contributed by atoms with Crippen LogP contribution >= 0.6 is 0 Å². The lowest BCUT2D eigenvalue weighted by Crippen LogP contribution is -2.15. The average molecular weight is 573 g/mol. The lowest BCUT2D eigenvalue weighted by molar-refractivity contribution is 0.259. The molecule has 0 radical (unpaired) electrons. The first-order valence-electron chi connectivity index (χ1n) is 16.4. The summed E-state index contributed by atoms with van der Waals surface area (Å²) in [4.78, 5) is 0. The van der Waals surface area contributed by atoms with E-state index in [-0.39, 0.29) is 7.43 Å². The zero-order chi connectivity index (χ0) is 29.6. The van der Waals surface area contributed by atoms with Crippen LogP contribution in [0.1, 0.15) is 101 Å². The summed E-state index contributed by atoms with van der Waals surface area (Å²) in [6.07, 6.45) is 10.2. The molecule has 2 saturated heterocycles. The SMILES string of the molecule is C.C1CC2C3CCC(C3)C2C1.CC.CC.CC.CC.c1ccc(OCC2CO2)cc1.c1ccc(OCC2CO2)cc1. The molecule has 5 aliphatic rings. The predicted octanol–water partition coefficient (Wildman–Crippen LogP) is 10.5. The molecule has 0 amide bonds. The van der Waals surface area contributed by atoms with Crippen molar-refractivity contribution in [2.24, 2.45) is 23.7 Å². The molecule has 5 fully saturated rings. The minimum absolute atomic E-state index is 0. The molecule has 0 N–H and O–H groups in total. The first-order valence-corrected chi connectivity index (χ1v) is 16.4. The normalized spacial score (nSPS) is 26.0. The number of rotatable bonds is 6. The Bertz CT molecular complexity index is 737. The Hall–Kier alpha value is -2.04. The van der Waals surface area contributed by atoms with E-state index in [0.717, 1.165) is 24.7 Å². The first kappa shape index (κ1) is 39.0. The van der Waals surface area contributed by atoms with Crippen molar-refractivity contribution in [3.8, 4) is 11.5 Å². The Labute approximate surface area is 254 Å². The van der Waals surface area contributed by atoms with Crippen LogP contribution in [0.5, 0.6) is 11.5 Å². The molecule has 4 heteroatoms. The van der Waals surface area contributed by atoms with Crippen molar-refractivity contribution in [2.45, 2.75) is 114 Å². The smallest absolute Gasteiger partial charge is 0.119 e. The number of benzene rings is 2. The molecular weight excluding hydrogens is 508 g/mol. The topological polar surface area (TPSA) is 43.5 Å². The highest BCUT2D eigenvalue weighted by Gasteiger charge is 2.48. The lowest BCUT2D eigenvalue weighted by atomic mass is 9.82. The predicted molar refractivity (Wildman–Crippen MR) is 177 cm³/mol. The summed E-state index contributed by atoms with van der Waals surface area (Å²) in [5.41, 5.74) is 0. The summed E-state index contributed by atoms with van der Waals surface area (Å²) in [5.74, 6) is 6.64. The average Bonchev–Trinajstić information content (AvgIpc) is 3.93. The van der Waals surface area contributed by atoms with E-state index < -0.39 is 0 Å². The lowest BCUT2D eigenvalue weighted by Gasteiger charge is -2.23. The van der Waals surface area contributed by atoms with Crippen LogP contribution in [-0.2, 0) is 9.47 Å². The van der Waals surface area contributed by atoms with Crippen molar-refractivity contribution in [2.75, 3.05) is 26.4 Å². The maximum Gasteiger partial charge on any atom is 0.119 e. The summed E-state index contributed by atoms with van der Waals surface area (Å²) in [7, 11) is 0. The summed E-state index contributed by atoms with van der Waals surface area (Å²) in [6, 6.07) is 19.6. The third kappa shape index (κ3) is 15.1. The molecule has 7 rings (SSSR count). The largest absolute Gasteiger partial charge is 0.491 e. The van der Waals surface area contributed by atoms with E-state index in [1.54, 1.807) is 38.5 Å². The van der Waals surface area contributed by atoms with Crippen LogP contribution in [0.4, 0.5) is 0 Å². The van der Waals surface area contributed by atoms with Crippen molar-refractivity contribution in [3.05, 3.63) is 60.7 Å². The van der Waals surface area contributed by atoms with Gasteiger partial charge in [-0.05, 0) is 80.0 Å². The molecule has 3 aliphatic carbocycles. The summed E-state index contributed by atoms with van der Waals surface area (Å²) in [6.45, 7) is 19.1. The summed E-state index contributed by atoms with van der Waals surface area (Å²) in [5, 5.41) is 0. The molecule has 2 bridgehead atoms. The highest BCUT2D eigenvalue weighted by atomic mass is 16.6. The minimum Gasteiger partial charge on any atom is -0.491 e. The summed E-state index contributed by atoms with van der Waals surface area (Å²) < 4.78 is 20.8. The fourth-order valence-electron chi connectivity index (χ4n) is 5.76. The Morgan fingerprint density at radius 2 is 0.902 bits per heavy atom. The summed E-state index contributed by atoms with van der Waals surface area (Å²) >= 11 is 0. The van der Waals surface area contributed by atoms with E-state index in [1.807, 2.05) is 116 Å². The minimum atomic E-state index is 0. The number of epoxide rings is 2. The molecule has 236 valence electrons. The van der Waals surface area contributed by atoms with Gasteiger partial charge in [-0.1, -0.05) is 106 Å². The standard InChI is InChI=1S/C10H16.2C9H10O2.4C2H6.CH4/c1-2-9-7-4-5-8(6-7)10(9)3-1;2*1-2-4-8(5-3-1)10-6-9-7-11-9;4*1-2;/h7-10H,1-6H2;2*1-5,9H,6-7H2;4*1-2H3;1H4. The van der Waals surface area contributed by atoms with Gasteiger partial charge in [-0.25, -0.2) is 0 Å². The molecule has 3 saturated carbocycles. The van der Waals surface area contributed by atoms with Crippen molar-refractivity contribution >= 4 is 0 Å². The van der Waals surface area contributed by atoms with Crippen molar-refractivity contribution in [1.82, 2.24) is 0 Å². The Morgan fingerprint density at radius 1 is 0.561 bits per heavy atom. The number of ether oxygens (including phenoxy) is 4. The van der Waals surface area contributed by atoms with Crippen LogP contribution in [0, 0.1) is 23.7 Å². The Morgan fingerprint density at radius 3 is 1.22 bits per heavy atom. The molecule has 2 aromatic carbocycles. The van der Waals surface area contributed by atoms with Crippen LogP contribution in [0.25, 0.3) is 0 Å². The molecule has 41 heavy (non-hydrogen) atoms. The van der Waals surface area contributed by atoms with Gasteiger partial charge in [0.1, 0.15) is 36.9 Å². The maximum absolute atomic E-state index is 5.40. The van der Waals surface area contributed by atoms with Gasteiger partial charge >= 0.3 is 0 Å². The quantitative estimate of drug-likeness (QED) is 0.323. The maximum atomic E-state index is 5.40. The van der Waals surface area contributed by atoms with E-state index in [2.05, 4.69) is 0 Å². The molecule has 0 aromatic heterocycles. The Balaban J connectivity index is 0.000000516. The fourth-order valence-corrected chi connectivity index (χ4v) is 5.76. The van der Waals surface area contributed by atoms with E-state index >= 15 is 0 Å². The van der Waals surface area contributed by atoms with E-state index in [1.165, 1.54) is 23.7 Å². The second-order valence-electron chi connectivity index (χ2n) is 9.75. The zero-order valence-electron chi connectivity index (χ0n) is 26.9. The van der Waals surface area contributed by atoms with Crippen LogP contribution < -0.4 is 9.47 Å². The molecule has 0 spiro atoms. The van der Waals surface area contributed by atoms with Crippen LogP contribution in [-0.4, -0.2) is 38.6 Å². The van der Waals surface area contributed by atoms with Crippen LogP contribution in [0.3, 0.4) is 0 Å². The van der Waals surface area contributed by atoms with Gasteiger partial charge in [-0.15, -0.1) is 0 Å². The second kappa shape index (κ2) is 24.5. The number of para-hydroxylation sites is 2. The van der Waals surface area contributed by atoms with Gasteiger partial charge < -0.3 is 18.9 Å². The van der Waals surface area contributed by atoms with E-state index in [0.29, 0.717) is 25.4 Å². The number of fused-ring (bicyclic) bond motifs is 5. The van der Waals surface area contributed by atoms with Crippen molar-refractivity contribution < 1.29 is 18.9 Å². The van der Waals surface area contributed by atoms with E-state index in [9.17, 15) is 0 Å². The van der Waals surface area contributed by atoms with Crippen LogP contribution in [0.15, 0.2) is 60.7 Å². The van der Waals surface area contributed by atoms with Gasteiger partial charge in [0.15, 0.2) is 0 Å². The fraction of sp³-hybridized carbons (Fsp3) is 0.676. The molecule has 2 aromatic rings.